The fraction of sp³-hybridized carbons (Fsp3) is 0.583. The second kappa shape index (κ2) is 6.87. The third-order valence-corrected chi connectivity index (χ3v) is 6.85. The highest BCUT2D eigenvalue weighted by Gasteiger charge is 2.53. The van der Waals surface area contributed by atoms with Gasteiger partial charge < -0.3 is 9.47 Å². The van der Waals surface area contributed by atoms with Crippen LogP contribution in [0.15, 0.2) is 29.5 Å². The Hall–Kier alpha value is -1.81. The average Bonchev–Trinajstić information content (AvgIpc) is 2.57. The summed E-state index contributed by atoms with van der Waals surface area (Å²) in [4.78, 5) is 26.5. The van der Waals surface area contributed by atoms with Gasteiger partial charge in [0.1, 0.15) is 23.4 Å². The predicted molar refractivity (Wildman–Crippen MR) is 112 cm³/mol. The minimum absolute atomic E-state index is 0.0873. The number of ether oxygens (including phenoxy) is 2. The van der Waals surface area contributed by atoms with Crippen LogP contribution >= 0.6 is 11.6 Å². The highest BCUT2D eigenvalue weighted by Crippen LogP contribution is 2.54. The number of allylic oxidation sites excluding steroid dienone is 2. The zero-order valence-corrected chi connectivity index (χ0v) is 18.6. The molecule has 0 amide bonds. The molecule has 156 valence electrons. The molecule has 4 nitrogen and oxygen atoms in total. The van der Waals surface area contributed by atoms with Crippen LogP contribution in [0.1, 0.15) is 64.9 Å². The molecule has 1 saturated carbocycles. The van der Waals surface area contributed by atoms with Gasteiger partial charge in [-0.05, 0) is 34.9 Å². The zero-order valence-electron chi connectivity index (χ0n) is 17.8. The molecule has 1 aromatic carbocycles. The smallest absolute Gasteiger partial charge is 0.163 e. The van der Waals surface area contributed by atoms with E-state index in [1.165, 1.54) is 0 Å². The summed E-state index contributed by atoms with van der Waals surface area (Å²) in [5, 5.41) is 0.488. The number of hydrogen-bond acceptors (Lipinski definition) is 4. The molecule has 2 aliphatic carbocycles. The molecular formula is C24H29ClO4. The van der Waals surface area contributed by atoms with Gasteiger partial charge in [-0.2, -0.15) is 0 Å². The Balaban J connectivity index is 1.87. The first-order valence-corrected chi connectivity index (χ1v) is 10.7. The van der Waals surface area contributed by atoms with E-state index in [0.29, 0.717) is 35.6 Å². The molecule has 29 heavy (non-hydrogen) atoms. The summed E-state index contributed by atoms with van der Waals surface area (Å²) >= 11 is 6.42. The largest absolute Gasteiger partial charge is 0.495 e. The van der Waals surface area contributed by atoms with E-state index >= 15 is 0 Å². The van der Waals surface area contributed by atoms with Crippen molar-refractivity contribution < 1.29 is 19.1 Å². The normalized spacial score (nSPS) is 30.3. The SMILES string of the molecule is COc1ccc([C@@H]2C3=C(CC(C)(C)CC3=O)O[C@@H]3CC(C)(C)CC(=O)[C@@H]32)cc1Cl. The summed E-state index contributed by atoms with van der Waals surface area (Å²) in [6, 6.07) is 5.59. The second-order valence-electron chi connectivity index (χ2n) is 10.3. The molecule has 4 rings (SSSR count). The molecule has 5 heteroatoms. The van der Waals surface area contributed by atoms with Crippen molar-refractivity contribution in [1.82, 2.24) is 0 Å². The fourth-order valence-corrected chi connectivity index (χ4v) is 5.66. The first kappa shape index (κ1) is 20.5. The van der Waals surface area contributed by atoms with Crippen molar-refractivity contribution in [3.8, 4) is 5.75 Å². The highest BCUT2D eigenvalue weighted by molar-refractivity contribution is 6.32. The molecule has 1 aromatic rings. The van der Waals surface area contributed by atoms with Gasteiger partial charge >= 0.3 is 0 Å². The number of halogens is 1. The van der Waals surface area contributed by atoms with Gasteiger partial charge in [-0.15, -0.1) is 0 Å². The Kier molecular flexibility index (Phi) is 4.85. The van der Waals surface area contributed by atoms with E-state index in [4.69, 9.17) is 21.1 Å². The van der Waals surface area contributed by atoms with Gasteiger partial charge in [-0.1, -0.05) is 45.4 Å². The highest BCUT2D eigenvalue weighted by atomic mass is 35.5. The lowest BCUT2D eigenvalue weighted by Gasteiger charge is -2.49. The van der Waals surface area contributed by atoms with E-state index in [9.17, 15) is 9.59 Å². The van der Waals surface area contributed by atoms with Gasteiger partial charge in [0.2, 0.25) is 0 Å². The number of carbonyl (C=O) groups is 2. The third kappa shape index (κ3) is 3.61. The van der Waals surface area contributed by atoms with Crippen molar-refractivity contribution in [2.75, 3.05) is 7.11 Å². The van der Waals surface area contributed by atoms with Crippen LogP contribution in [0.3, 0.4) is 0 Å². The van der Waals surface area contributed by atoms with Crippen LogP contribution in [0.4, 0.5) is 0 Å². The van der Waals surface area contributed by atoms with E-state index in [1.807, 2.05) is 18.2 Å². The molecular weight excluding hydrogens is 388 g/mol. The lowest BCUT2D eigenvalue weighted by molar-refractivity contribution is -0.140. The Labute approximate surface area is 177 Å². The lowest BCUT2D eigenvalue weighted by Crippen LogP contribution is -2.49. The van der Waals surface area contributed by atoms with Crippen LogP contribution in [-0.2, 0) is 14.3 Å². The number of rotatable bonds is 2. The first-order chi connectivity index (χ1) is 13.5. The van der Waals surface area contributed by atoms with E-state index < -0.39 is 0 Å². The zero-order chi connectivity index (χ0) is 21.1. The van der Waals surface area contributed by atoms with Gasteiger partial charge in [-0.3, -0.25) is 9.59 Å². The van der Waals surface area contributed by atoms with Crippen molar-refractivity contribution >= 4 is 23.2 Å². The second-order valence-corrected chi connectivity index (χ2v) is 10.8. The Morgan fingerprint density at radius 1 is 1.07 bits per heavy atom. The molecule has 1 aliphatic heterocycles. The maximum absolute atomic E-state index is 13.3. The standard InChI is InChI=1S/C24H29ClO4/c1-23(2)9-15(26)21-18(11-23)29-19-12-24(3,4)10-16(27)22(19)20(21)13-6-7-17(28-5)14(25)8-13/h6-8,18,20-21H,9-12H2,1-5H3/t18-,20+,21+/m1/s1. The molecule has 3 atom stereocenters. The number of Topliss-reactive ketones (excluding diaryl/α,β-unsaturated/α-hetero) is 2. The number of ketones is 2. The van der Waals surface area contributed by atoms with Crippen molar-refractivity contribution in [2.45, 2.75) is 65.4 Å². The third-order valence-electron chi connectivity index (χ3n) is 6.56. The predicted octanol–water partition coefficient (Wildman–Crippen LogP) is 5.48. The number of carbonyl (C=O) groups excluding carboxylic acids is 2. The molecule has 0 radical (unpaired) electrons. The number of fused-ring (bicyclic) bond motifs is 1. The van der Waals surface area contributed by atoms with E-state index in [2.05, 4.69) is 27.7 Å². The molecule has 0 bridgehead atoms. The van der Waals surface area contributed by atoms with Gasteiger partial charge in [0.15, 0.2) is 5.78 Å². The Bertz CT molecular complexity index is 911. The molecule has 1 fully saturated rings. The van der Waals surface area contributed by atoms with Crippen molar-refractivity contribution in [2.24, 2.45) is 16.7 Å². The Morgan fingerprint density at radius 3 is 2.45 bits per heavy atom. The fourth-order valence-electron chi connectivity index (χ4n) is 5.40. The van der Waals surface area contributed by atoms with Crippen molar-refractivity contribution in [3.05, 3.63) is 40.1 Å². The Morgan fingerprint density at radius 2 is 1.79 bits per heavy atom. The van der Waals surface area contributed by atoms with Crippen LogP contribution < -0.4 is 4.74 Å². The number of benzene rings is 1. The summed E-state index contributed by atoms with van der Waals surface area (Å²) in [6.07, 6.45) is 2.27. The van der Waals surface area contributed by atoms with E-state index in [0.717, 1.165) is 17.7 Å². The van der Waals surface area contributed by atoms with Crippen LogP contribution in [-0.4, -0.2) is 24.8 Å². The molecule has 0 aromatic heterocycles. The molecule has 0 unspecified atom stereocenters. The monoisotopic (exact) mass is 416 g/mol. The van der Waals surface area contributed by atoms with Gasteiger partial charge in [0, 0.05) is 30.8 Å². The quantitative estimate of drug-likeness (QED) is 0.640. The summed E-state index contributed by atoms with van der Waals surface area (Å²) in [5.74, 6) is 0.961. The lowest BCUT2D eigenvalue weighted by atomic mass is 9.60. The van der Waals surface area contributed by atoms with E-state index in [1.54, 1.807) is 7.11 Å². The topological polar surface area (TPSA) is 52.6 Å². The summed E-state index contributed by atoms with van der Waals surface area (Å²) in [5.41, 5.74) is 1.33. The van der Waals surface area contributed by atoms with Gasteiger partial charge in [-0.25, -0.2) is 0 Å². The van der Waals surface area contributed by atoms with Gasteiger partial charge in [0.25, 0.3) is 0 Å². The van der Waals surface area contributed by atoms with Crippen molar-refractivity contribution in [1.29, 1.82) is 0 Å². The molecule has 1 heterocycles. The summed E-state index contributed by atoms with van der Waals surface area (Å²) in [6.45, 7) is 8.42. The molecule has 0 saturated heterocycles. The first-order valence-electron chi connectivity index (χ1n) is 10.3. The maximum Gasteiger partial charge on any atom is 0.163 e. The molecule has 0 spiro atoms. The summed E-state index contributed by atoms with van der Waals surface area (Å²) < 4.78 is 11.7. The number of methoxy groups -OCH3 is 1. The van der Waals surface area contributed by atoms with Gasteiger partial charge in [0.05, 0.1) is 18.1 Å². The van der Waals surface area contributed by atoms with Crippen LogP contribution in [0, 0.1) is 16.7 Å². The van der Waals surface area contributed by atoms with Crippen LogP contribution in [0.5, 0.6) is 5.75 Å². The maximum atomic E-state index is 13.3. The van der Waals surface area contributed by atoms with Crippen molar-refractivity contribution in [3.63, 3.8) is 0 Å². The summed E-state index contributed by atoms with van der Waals surface area (Å²) in [7, 11) is 1.57. The van der Waals surface area contributed by atoms with Crippen LogP contribution in [0.25, 0.3) is 0 Å². The molecule has 0 N–H and O–H groups in total. The average molecular weight is 417 g/mol. The van der Waals surface area contributed by atoms with E-state index in [-0.39, 0.29) is 40.3 Å². The minimum Gasteiger partial charge on any atom is -0.495 e. The molecule has 3 aliphatic rings. The number of hydrogen-bond donors (Lipinski definition) is 0. The minimum atomic E-state index is -0.351. The van der Waals surface area contributed by atoms with Crippen LogP contribution in [0.2, 0.25) is 5.02 Å².